The Kier molecular flexibility index (Phi) is 7.44. The van der Waals surface area contributed by atoms with Crippen LogP contribution in [-0.4, -0.2) is 39.7 Å². The number of ether oxygens (including phenoxy) is 2. The van der Waals surface area contributed by atoms with Crippen molar-refractivity contribution in [2.45, 2.75) is 26.4 Å². The van der Waals surface area contributed by atoms with Gasteiger partial charge in [0.15, 0.2) is 5.75 Å². The lowest BCUT2D eigenvalue weighted by molar-refractivity contribution is -0.385. The number of nitrogens with zero attached hydrogens (tertiary/aromatic N) is 3. The van der Waals surface area contributed by atoms with Crippen LogP contribution in [0.25, 0.3) is 10.9 Å². The number of benzene rings is 2. The molecule has 0 atom stereocenters. The first-order valence-corrected chi connectivity index (χ1v) is 10.7. The minimum atomic E-state index is -0.757. The molecule has 0 unspecified atom stereocenters. The minimum absolute atomic E-state index is 0.0341. The van der Waals surface area contributed by atoms with Crippen LogP contribution in [0.15, 0.2) is 35.1 Å². The molecule has 0 saturated heterocycles. The summed E-state index contributed by atoms with van der Waals surface area (Å²) < 4.78 is 38.6. The van der Waals surface area contributed by atoms with E-state index < -0.39 is 33.9 Å². The van der Waals surface area contributed by atoms with Gasteiger partial charge < -0.3 is 20.1 Å². The average Bonchev–Trinajstić information content (AvgIpc) is 2.73. The zero-order valence-corrected chi connectivity index (χ0v) is 19.9. The number of carbonyl (C=O) groups is 1. The van der Waals surface area contributed by atoms with Crippen LogP contribution in [-0.2, 0) is 4.74 Å². The lowest BCUT2D eigenvalue weighted by atomic mass is 10.2. The van der Waals surface area contributed by atoms with E-state index in [0.29, 0.717) is 0 Å². The number of rotatable bonds is 7. The van der Waals surface area contributed by atoms with Crippen molar-refractivity contribution in [3.05, 3.63) is 56.8 Å². The topological polar surface area (TPSA) is 129 Å². The van der Waals surface area contributed by atoms with Crippen molar-refractivity contribution >= 4 is 50.1 Å². The molecule has 0 saturated carbocycles. The summed E-state index contributed by atoms with van der Waals surface area (Å²) in [6, 6.07) is 4.37. The van der Waals surface area contributed by atoms with Gasteiger partial charge in [-0.3, -0.25) is 10.1 Å². The van der Waals surface area contributed by atoms with Crippen LogP contribution in [0.1, 0.15) is 20.8 Å². The highest BCUT2D eigenvalue weighted by atomic mass is 79.9. The molecule has 0 radical (unpaired) electrons. The smallest absolute Gasteiger partial charge is 0.407 e. The molecule has 2 N–H and O–H groups in total. The van der Waals surface area contributed by atoms with Crippen molar-refractivity contribution in [1.82, 2.24) is 15.3 Å². The first-order valence-electron chi connectivity index (χ1n) is 9.89. The first kappa shape index (κ1) is 25.0. The van der Waals surface area contributed by atoms with Crippen LogP contribution in [0.3, 0.4) is 0 Å². The maximum absolute atomic E-state index is 14.2. The van der Waals surface area contributed by atoms with E-state index in [1.807, 2.05) is 0 Å². The van der Waals surface area contributed by atoms with Gasteiger partial charge in [0.2, 0.25) is 0 Å². The van der Waals surface area contributed by atoms with E-state index in [-0.39, 0.29) is 45.8 Å². The summed E-state index contributed by atoms with van der Waals surface area (Å²) in [4.78, 5) is 30.7. The molecule has 3 aromatic rings. The lowest BCUT2D eigenvalue weighted by Crippen LogP contribution is -2.34. The van der Waals surface area contributed by atoms with Gasteiger partial charge in [0.25, 0.3) is 0 Å². The highest BCUT2D eigenvalue weighted by Gasteiger charge is 2.21. The van der Waals surface area contributed by atoms with Gasteiger partial charge in [-0.1, -0.05) is 0 Å². The van der Waals surface area contributed by atoms with Crippen LogP contribution < -0.4 is 15.4 Å². The summed E-state index contributed by atoms with van der Waals surface area (Å²) in [7, 11) is 0. The summed E-state index contributed by atoms with van der Waals surface area (Å²) in [6.07, 6.45) is 0.515. The number of aromatic nitrogens is 2. The Bertz CT molecular complexity index is 1250. The normalized spacial score (nSPS) is 11.2. The van der Waals surface area contributed by atoms with Crippen LogP contribution >= 0.6 is 15.9 Å². The number of fused-ring (bicyclic) bond motifs is 1. The Hall–Kier alpha value is -3.61. The number of carbonyl (C=O) groups excluding carboxylic acids is 1. The molecule has 0 aliphatic carbocycles. The highest BCUT2D eigenvalue weighted by Crippen LogP contribution is 2.35. The molecular weight excluding hydrogens is 520 g/mol. The summed E-state index contributed by atoms with van der Waals surface area (Å²) >= 11 is 2.90. The standard InChI is InChI=1S/C21H20BrF2N5O5/c1-21(2,3)34-20(30)25-4-5-33-18-9-15-11(6-17(18)29(31)32)19(27-10-26-15)28-16-8-13(23)12(22)7-14(16)24/h6-10H,4-5H2,1-3H3,(H,25,30)(H,26,27,28). The number of anilines is 2. The number of amides is 1. The Morgan fingerprint density at radius 3 is 2.59 bits per heavy atom. The molecule has 0 aliphatic heterocycles. The van der Waals surface area contributed by atoms with E-state index >= 15 is 0 Å². The second-order valence-corrected chi connectivity index (χ2v) is 8.82. The van der Waals surface area contributed by atoms with Crippen LogP contribution in [0.2, 0.25) is 0 Å². The van der Waals surface area contributed by atoms with E-state index in [4.69, 9.17) is 9.47 Å². The quantitative estimate of drug-likeness (QED) is 0.181. The van der Waals surface area contributed by atoms with Crippen molar-refractivity contribution in [2.75, 3.05) is 18.5 Å². The van der Waals surface area contributed by atoms with Gasteiger partial charge in [-0.15, -0.1) is 0 Å². The van der Waals surface area contributed by atoms with Crippen LogP contribution in [0.5, 0.6) is 5.75 Å². The second-order valence-electron chi connectivity index (χ2n) is 7.96. The molecule has 34 heavy (non-hydrogen) atoms. The van der Waals surface area contributed by atoms with Crippen LogP contribution in [0.4, 0.5) is 30.8 Å². The van der Waals surface area contributed by atoms with Crippen molar-refractivity contribution in [3.63, 3.8) is 0 Å². The Morgan fingerprint density at radius 2 is 1.91 bits per heavy atom. The van der Waals surface area contributed by atoms with Gasteiger partial charge >= 0.3 is 11.8 Å². The maximum atomic E-state index is 14.2. The largest absolute Gasteiger partial charge is 0.485 e. The fourth-order valence-corrected chi connectivity index (χ4v) is 3.12. The Morgan fingerprint density at radius 1 is 1.18 bits per heavy atom. The number of nitrogens with one attached hydrogen (secondary N) is 2. The van der Waals surface area contributed by atoms with Crippen molar-refractivity contribution in [3.8, 4) is 5.75 Å². The highest BCUT2D eigenvalue weighted by molar-refractivity contribution is 9.10. The average molecular weight is 540 g/mol. The summed E-state index contributed by atoms with van der Waals surface area (Å²) in [6.45, 7) is 5.11. The predicted molar refractivity (Wildman–Crippen MR) is 123 cm³/mol. The van der Waals surface area contributed by atoms with Crippen LogP contribution in [0, 0.1) is 21.7 Å². The Balaban J connectivity index is 1.83. The third-order valence-electron chi connectivity index (χ3n) is 4.20. The van der Waals surface area contributed by atoms with E-state index in [0.717, 1.165) is 18.5 Å². The lowest BCUT2D eigenvalue weighted by Gasteiger charge is -2.19. The molecule has 0 bridgehead atoms. The SMILES string of the molecule is CC(C)(C)OC(=O)NCCOc1cc2ncnc(Nc3cc(F)c(Br)cc3F)c2cc1[N+](=O)[O-]. The van der Waals surface area contributed by atoms with Gasteiger partial charge in [-0.25, -0.2) is 23.5 Å². The van der Waals surface area contributed by atoms with E-state index in [1.54, 1.807) is 20.8 Å². The molecule has 0 fully saturated rings. The zero-order chi connectivity index (χ0) is 25.0. The van der Waals surface area contributed by atoms with Gasteiger partial charge in [-0.05, 0) is 42.8 Å². The number of alkyl carbamates (subject to hydrolysis) is 1. The number of halogens is 3. The summed E-state index contributed by atoms with van der Waals surface area (Å²) in [5.74, 6) is -1.52. The first-order chi connectivity index (χ1) is 15.9. The minimum Gasteiger partial charge on any atom is -0.485 e. The third kappa shape index (κ3) is 6.25. The molecule has 1 heterocycles. The van der Waals surface area contributed by atoms with Crippen molar-refractivity contribution in [1.29, 1.82) is 0 Å². The van der Waals surface area contributed by atoms with E-state index in [2.05, 4.69) is 36.5 Å². The Labute approximate surface area is 201 Å². The molecule has 0 spiro atoms. The second kappa shape index (κ2) is 10.1. The summed E-state index contributed by atoms with van der Waals surface area (Å²) in [5, 5.41) is 16.9. The van der Waals surface area contributed by atoms with Gasteiger partial charge in [0.1, 0.15) is 36.0 Å². The van der Waals surface area contributed by atoms with Gasteiger partial charge in [0.05, 0.1) is 32.5 Å². The third-order valence-corrected chi connectivity index (χ3v) is 4.81. The van der Waals surface area contributed by atoms with E-state index in [9.17, 15) is 23.7 Å². The number of hydrogen-bond acceptors (Lipinski definition) is 8. The molecule has 0 aliphatic rings. The van der Waals surface area contributed by atoms with Gasteiger partial charge in [0, 0.05) is 18.2 Å². The van der Waals surface area contributed by atoms with Crippen molar-refractivity contribution < 1.29 is 28.0 Å². The molecule has 2 aromatic carbocycles. The molecular formula is C21H20BrF2N5O5. The number of nitro groups is 1. The van der Waals surface area contributed by atoms with Crippen molar-refractivity contribution in [2.24, 2.45) is 0 Å². The van der Waals surface area contributed by atoms with E-state index in [1.165, 1.54) is 12.1 Å². The fourth-order valence-electron chi connectivity index (χ4n) is 2.80. The molecule has 10 nitrogen and oxygen atoms in total. The van der Waals surface area contributed by atoms with Gasteiger partial charge in [-0.2, -0.15) is 0 Å². The number of nitro benzene ring substituents is 1. The maximum Gasteiger partial charge on any atom is 0.407 e. The molecule has 13 heteroatoms. The molecule has 3 rings (SSSR count). The number of hydrogen-bond donors (Lipinski definition) is 2. The summed E-state index contributed by atoms with van der Waals surface area (Å²) in [5.41, 5.74) is -1.02. The fraction of sp³-hybridized carbons (Fsp3) is 0.286. The molecule has 1 amide bonds. The zero-order valence-electron chi connectivity index (χ0n) is 18.3. The molecule has 180 valence electrons. The molecule has 1 aromatic heterocycles. The predicted octanol–water partition coefficient (Wildman–Crippen LogP) is 5.23. The monoisotopic (exact) mass is 539 g/mol.